The van der Waals surface area contributed by atoms with Crippen LogP contribution in [0, 0.1) is 5.82 Å². The molecule has 0 saturated heterocycles. The van der Waals surface area contributed by atoms with Crippen LogP contribution in [0.2, 0.25) is 0 Å². The monoisotopic (exact) mass is 426 g/mol. The number of hydrogen-bond donors (Lipinski definition) is 1. The predicted molar refractivity (Wildman–Crippen MR) is 98.1 cm³/mol. The van der Waals surface area contributed by atoms with E-state index in [0.717, 1.165) is 29.5 Å². The van der Waals surface area contributed by atoms with E-state index in [2.05, 4.69) is 4.99 Å². The zero-order valence-corrected chi connectivity index (χ0v) is 15.7. The van der Waals surface area contributed by atoms with Crippen LogP contribution in [0.15, 0.2) is 47.5 Å². The zero-order valence-electron chi connectivity index (χ0n) is 14.9. The SMILES string of the molecule is CCC(C(=O)O)n1c(=NC(=O)c2cccc(C(F)(F)F)c2)sc2ccc(F)cc21. The van der Waals surface area contributed by atoms with Gasteiger partial charge in [-0.15, -0.1) is 0 Å². The lowest BCUT2D eigenvalue weighted by Crippen LogP contribution is -2.27. The molecule has 1 N–H and O–H groups in total. The first kappa shape index (κ1) is 20.7. The first-order valence-electron chi connectivity index (χ1n) is 8.41. The third-order valence-corrected chi connectivity index (χ3v) is 5.24. The van der Waals surface area contributed by atoms with Gasteiger partial charge in [0.2, 0.25) is 0 Å². The summed E-state index contributed by atoms with van der Waals surface area (Å²) in [6, 6.07) is 6.40. The topological polar surface area (TPSA) is 71.7 Å². The molecule has 0 bridgehead atoms. The molecule has 0 saturated carbocycles. The van der Waals surface area contributed by atoms with Crippen LogP contribution in [0.1, 0.15) is 35.3 Å². The summed E-state index contributed by atoms with van der Waals surface area (Å²) in [6.07, 6.45) is -4.50. The molecule has 0 aliphatic heterocycles. The summed E-state index contributed by atoms with van der Waals surface area (Å²) in [5, 5.41) is 9.51. The molecule has 3 rings (SSSR count). The van der Waals surface area contributed by atoms with Crippen molar-refractivity contribution in [2.75, 3.05) is 0 Å². The third kappa shape index (κ3) is 4.21. The number of carboxylic acid groups (broad SMARTS) is 1. The van der Waals surface area contributed by atoms with Crippen LogP contribution < -0.4 is 4.80 Å². The van der Waals surface area contributed by atoms with Crippen molar-refractivity contribution in [1.82, 2.24) is 4.57 Å². The number of alkyl halides is 3. The van der Waals surface area contributed by atoms with Crippen molar-refractivity contribution in [3.63, 3.8) is 0 Å². The quantitative estimate of drug-likeness (QED) is 0.618. The number of thiazole rings is 1. The molecule has 0 fully saturated rings. The predicted octanol–water partition coefficient (Wildman–Crippen LogP) is 4.64. The fourth-order valence-electron chi connectivity index (χ4n) is 2.84. The zero-order chi connectivity index (χ0) is 21.3. The maximum absolute atomic E-state index is 13.7. The first-order valence-corrected chi connectivity index (χ1v) is 9.23. The van der Waals surface area contributed by atoms with Crippen LogP contribution in [-0.4, -0.2) is 21.6 Å². The highest BCUT2D eigenvalue weighted by atomic mass is 32.1. The van der Waals surface area contributed by atoms with E-state index in [1.165, 1.54) is 22.8 Å². The summed E-state index contributed by atoms with van der Waals surface area (Å²) in [7, 11) is 0. The van der Waals surface area contributed by atoms with E-state index >= 15 is 0 Å². The van der Waals surface area contributed by atoms with E-state index in [1.54, 1.807) is 6.92 Å². The molecule has 0 spiro atoms. The third-order valence-electron chi connectivity index (χ3n) is 4.21. The minimum atomic E-state index is -4.62. The fraction of sp³-hybridized carbons (Fsp3) is 0.211. The maximum atomic E-state index is 13.7. The highest BCUT2D eigenvalue weighted by Gasteiger charge is 2.31. The van der Waals surface area contributed by atoms with Gasteiger partial charge in [0.15, 0.2) is 4.80 Å². The summed E-state index contributed by atoms with van der Waals surface area (Å²) in [5.41, 5.74) is -1.06. The molecule has 0 radical (unpaired) electrons. The van der Waals surface area contributed by atoms with Gasteiger partial charge < -0.3 is 9.67 Å². The largest absolute Gasteiger partial charge is 0.480 e. The second-order valence-electron chi connectivity index (χ2n) is 6.12. The van der Waals surface area contributed by atoms with Crippen molar-refractivity contribution in [2.45, 2.75) is 25.6 Å². The normalized spacial score (nSPS) is 13.6. The Labute approximate surface area is 165 Å². The van der Waals surface area contributed by atoms with Gasteiger partial charge in [-0.1, -0.05) is 24.3 Å². The number of amides is 1. The minimum Gasteiger partial charge on any atom is -0.480 e. The van der Waals surface area contributed by atoms with Gasteiger partial charge in [0.25, 0.3) is 5.91 Å². The van der Waals surface area contributed by atoms with E-state index < -0.39 is 35.5 Å². The molecule has 1 amide bonds. The highest BCUT2D eigenvalue weighted by molar-refractivity contribution is 7.16. The van der Waals surface area contributed by atoms with E-state index in [-0.39, 0.29) is 22.3 Å². The number of halogens is 4. The lowest BCUT2D eigenvalue weighted by Gasteiger charge is -2.13. The molecular formula is C19H14F4N2O3S. The first-order chi connectivity index (χ1) is 13.6. The Kier molecular flexibility index (Phi) is 5.56. The summed E-state index contributed by atoms with van der Waals surface area (Å²) in [6.45, 7) is 1.60. The van der Waals surface area contributed by atoms with E-state index in [0.29, 0.717) is 10.8 Å². The molecule has 152 valence electrons. The number of nitrogens with zero attached hydrogens (tertiary/aromatic N) is 2. The molecule has 0 aliphatic carbocycles. The second-order valence-corrected chi connectivity index (χ2v) is 7.13. The number of hydrogen-bond acceptors (Lipinski definition) is 3. The van der Waals surface area contributed by atoms with Crippen molar-refractivity contribution < 1.29 is 32.3 Å². The molecule has 1 aromatic heterocycles. The fourth-order valence-corrected chi connectivity index (χ4v) is 3.89. The highest BCUT2D eigenvalue weighted by Crippen LogP contribution is 2.30. The Balaban J connectivity index is 2.20. The van der Waals surface area contributed by atoms with Crippen molar-refractivity contribution >= 4 is 33.4 Å². The van der Waals surface area contributed by atoms with Crippen LogP contribution in [0.4, 0.5) is 17.6 Å². The van der Waals surface area contributed by atoms with Gasteiger partial charge in [0.05, 0.1) is 15.8 Å². The molecule has 1 atom stereocenters. The Morgan fingerprint density at radius 2 is 1.93 bits per heavy atom. The molecule has 1 unspecified atom stereocenters. The van der Waals surface area contributed by atoms with Crippen LogP contribution in [0.3, 0.4) is 0 Å². The van der Waals surface area contributed by atoms with Crippen LogP contribution in [0.5, 0.6) is 0 Å². The van der Waals surface area contributed by atoms with Gasteiger partial charge in [0, 0.05) is 5.56 Å². The summed E-state index contributed by atoms with van der Waals surface area (Å²) in [5.74, 6) is -2.76. The molecule has 29 heavy (non-hydrogen) atoms. The number of carbonyl (C=O) groups excluding carboxylic acids is 1. The Morgan fingerprint density at radius 3 is 2.55 bits per heavy atom. The summed E-state index contributed by atoms with van der Waals surface area (Å²) >= 11 is 0.950. The number of carbonyl (C=O) groups is 2. The van der Waals surface area contributed by atoms with Gasteiger partial charge in [-0.25, -0.2) is 9.18 Å². The van der Waals surface area contributed by atoms with Crippen molar-refractivity contribution in [1.29, 1.82) is 0 Å². The van der Waals surface area contributed by atoms with Crippen molar-refractivity contribution in [3.8, 4) is 0 Å². The van der Waals surface area contributed by atoms with Crippen LogP contribution >= 0.6 is 11.3 Å². The average Bonchev–Trinajstić information content (AvgIpc) is 2.99. The van der Waals surface area contributed by atoms with Crippen molar-refractivity contribution in [2.24, 2.45) is 4.99 Å². The number of carboxylic acids is 1. The lowest BCUT2D eigenvalue weighted by molar-refractivity contribution is -0.141. The van der Waals surface area contributed by atoms with Crippen molar-refractivity contribution in [3.05, 3.63) is 64.2 Å². The Hall–Kier alpha value is -3.01. The minimum absolute atomic E-state index is 0.0396. The average molecular weight is 426 g/mol. The van der Waals surface area contributed by atoms with Gasteiger partial charge >= 0.3 is 12.1 Å². The molecule has 5 nitrogen and oxygen atoms in total. The van der Waals surface area contributed by atoms with Gasteiger partial charge in [0.1, 0.15) is 11.9 Å². The smallest absolute Gasteiger partial charge is 0.416 e. The number of rotatable bonds is 4. The van der Waals surface area contributed by atoms with Gasteiger partial charge in [-0.05, 0) is 42.8 Å². The number of benzene rings is 2. The number of fused-ring (bicyclic) bond motifs is 1. The second kappa shape index (κ2) is 7.78. The molecule has 3 aromatic rings. The Bertz CT molecular complexity index is 1160. The maximum Gasteiger partial charge on any atom is 0.416 e. The molecule has 0 aliphatic rings. The van der Waals surface area contributed by atoms with Gasteiger partial charge in [-0.3, -0.25) is 4.79 Å². The molecule has 2 aromatic carbocycles. The summed E-state index contributed by atoms with van der Waals surface area (Å²) in [4.78, 5) is 28.0. The Morgan fingerprint density at radius 1 is 1.21 bits per heavy atom. The number of aliphatic carboxylic acids is 1. The van der Waals surface area contributed by atoms with E-state index in [4.69, 9.17) is 0 Å². The molecular weight excluding hydrogens is 412 g/mol. The van der Waals surface area contributed by atoms with Crippen LogP contribution in [-0.2, 0) is 11.0 Å². The molecule has 1 heterocycles. The van der Waals surface area contributed by atoms with E-state index in [1.807, 2.05) is 0 Å². The van der Waals surface area contributed by atoms with Crippen LogP contribution in [0.25, 0.3) is 10.2 Å². The lowest BCUT2D eigenvalue weighted by atomic mass is 10.1. The number of aromatic nitrogens is 1. The molecule has 10 heteroatoms. The van der Waals surface area contributed by atoms with E-state index in [9.17, 15) is 32.3 Å². The van der Waals surface area contributed by atoms with Gasteiger partial charge in [-0.2, -0.15) is 18.2 Å². The summed E-state index contributed by atoms with van der Waals surface area (Å²) < 4.78 is 54.1. The standard InChI is InChI=1S/C19H14F4N2O3S/c1-2-13(17(27)28)25-14-9-12(20)6-7-15(14)29-18(25)24-16(26)10-4-3-5-11(8-10)19(21,22)23/h3-9,13H,2H2,1H3,(H,27,28).